The summed E-state index contributed by atoms with van der Waals surface area (Å²) in [7, 11) is 0. The standard InChI is InChI=1S/C16H10N4O5/c21-7-12-15(18-16-11(20(23)24)2-1-5-19(12)16)9-3-4-13-10(6-9)17-14(22)8-25-13/h1-7H,8H2,(H,17,22). The molecule has 0 fully saturated rings. The molecule has 0 atom stereocenters. The number of pyridine rings is 1. The van der Waals surface area contributed by atoms with Gasteiger partial charge in [0.25, 0.3) is 5.91 Å². The van der Waals surface area contributed by atoms with Crippen LogP contribution in [-0.2, 0) is 4.79 Å². The monoisotopic (exact) mass is 338 g/mol. The summed E-state index contributed by atoms with van der Waals surface area (Å²) >= 11 is 0. The molecule has 0 saturated carbocycles. The molecule has 2 aromatic heterocycles. The fraction of sp³-hybridized carbons (Fsp3) is 0.0625. The fourth-order valence-corrected chi connectivity index (χ4v) is 2.77. The average molecular weight is 338 g/mol. The van der Waals surface area contributed by atoms with E-state index in [1.54, 1.807) is 18.2 Å². The first-order chi connectivity index (χ1) is 12.1. The first-order valence-electron chi connectivity index (χ1n) is 7.26. The van der Waals surface area contributed by atoms with Gasteiger partial charge in [-0.2, -0.15) is 0 Å². The molecule has 0 radical (unpaired) electrons. The van der Waals surface area contributed by atoms with Crippen LogP contribution < -0.4 is 10.1 Å². The van der Waals surface area contributed by atoms with Crippen LogP contribution in [0.15, 0.2) is 36.5 Å². The third-order valence-electron chi connectivity index (χ3n) is 3.86. The lowest BCUT2D eigenvalue weighted by Crippen LogP contribution is -2.25. The number of hydrogen-bond donors (Lipinski definition) is 1. The second kappa shape index (κ2) is 5.41. The number of imidazole rings is 1. The van der Waals surface area contributed by atoms with Crippen LogP contribution in [0.5, 0.6) is 5.75 Å². The number of hydrogen-bond acceptors (Lipinski definition) is 6. The fourth-order valence-electron chi connectivity index (χ4n) is 2.77. The van der Waals surface area contributed by atoms with Crippen molar-refractivity contribution in [1.82, 2.24) is 9.38 Å². The van der Waals surface area contributed by atoms with E-state index in [0.29, 0.717) is 23.3 Å². The van der Waals surface area contributed by atoms with Crippen LogP contribution in [0.25, 0.3) is 16.9 Å². The largest absolute Gasteiger partial charge is 0.482 e. The Morgan fingerprint density at radius 1 is 1.36 bits per heavy atom. The van der Waals surface area contributed by atoms with Crippen LogP contribution in [-0.4, -0.2) is 33.1 Å². The zero-order valence-electron chi connectivity index (χ0n) is 12.6. The smallest absolute Gasteiger partial charge is 0.312 e. The van der Waals surface area contributed by atoms with Gasteiger partial charge in [0.15, 0.2) is 12.9 Å². The summed E-state index contributed by atoms with van der Waals surface area (Å²) in [5.41, 5.74) is 1.32. The number of rotatable bonds is 3. The Kier molecular flexibility index (Phi) is 3.21. The summed E-state index contributed by atoms with van der Waals surface area (Å²) < 4.78 is 6.67. The van der Waals surface area contributed by atoms with E-state index >= 15 is 0 Å². The van der Waals surface area contributed by atoms with Gasteiger partial charge in [-0.1, -0.05) is 0 Å². The summed E-state index contributed by atoms with van der Waals surface area (Å²) in [5.74, 6) is 0.219. The molecule has 1 N–H and O–H groups in total. The summed E-state index contributed by atoms with van der Waals surface area (Å²) in [4.78, 5) is 38.0. The number of benzene rings is 1. The van der Waals surface area contributed by atoms with Crippen LogP contribution >= 0.6 is 0 Å². The molecule has 0 saturated heterocycles. The number of aldehydes is 1. The van der Waals surface area contributed by atoms with Crippen molar-refractivity contribution in [2.75, 3.05) is 11.9 Å². The highest BCUT2D eigenvalue weighted by molar-refractivity contribution is 5.97. The van der Waals surface area contributed by atoms with Gasteiger partial charge in [0.2, 0.25) is 5.65 Å². The molecule has 25 heavy (non-hydrogen) atoms. The van der Waals surface area contributed by atoms with Crippen molar-refractivity contribution >= 4 is 29.2 Å². The van der Waals surface area contributed by atoms with Gasteiger partial charge >= 0.3 is 5.69 Å². The lowest BCUT2D eigenvalue weighted by molar-refractivity contribution is -0.383. The van der Waals surface area contributed by atoms with E-state index in [1.807, 2.05) is 0 Å². The van der Waals surface area contributed by atoms with E-state index in [0.717, 1.165) is 0 Å². The number of carbonyl (C=O) groups is 2. The van der Waals surface area contributed by atoms with E-state index < -0.39 is 4.92 Å². The predicted molar refractivity (Wildman–Crippen MR) is 86.8 cm³/mol. The second-order valence-electron chi connectivity index (χ2n) is 5.36. The van der Waals surface area contributed by atoms with Crippen molar-refractivity contribution in [3.05, 3.63) is 52.3 Å². The zero-order valence-corrected chi connectivity index (χ0v) is 12.6. The molecule has 1 amide bonds. The SMILES string of the molecule is O=Cc1c(-c2ccc3c(c2)NC(=O)CO3)nc2c([N+](=O)[O-])cccn12. The van der Waals surface area contributed by atoms with Crippen molar-refractivity contribution in [1.29, 1.82) is 0 Å². The molecule has 9 heteroatoms. The Balaban J connectivity index is 1.94. The Bertz CT molecular complexity index is 1060. The molecule has 0 spiro atoms. The highest BCUT2D eigenvalue weighted by atomic mass is 16.6. The molecular weight excluding hydrogens is 328 g/mol. The van der Waals surface area contributed by atoms with E-state index in [2.05, 4.69) is 10.3 Å². The number of nitro groups is 1. The molecule has 1 aromatic carbocycles. The molecule has 0 unspecified atom stereocenters. The number of nitrogens with one attached hydrogen (secondary N) is 1. The number of ether oxygens (including phenoxy) is 1. The Hall–Kier alpha value is -3.75. The predicted octanol–water partition coefficient (Wildman–Crippen LogP) is 2.05. The maximum atomic E-state index is 11.6. The lowest BCUT2D eigenvalue weighted by Gasteiger charge is -2.18. The summed E-state index contributed by atoms with van der Waals surface area (Å²) in [6.45, 7) is -0.0630. The van der Waals surface area contributed by atoms with Gasteiger partial charge in [-0.05, 0) is 24.3 Å². The summed E-state index contributed by atoms with van der Waals surface area (Å²) in [6, 6.07) is 7.74. The molecule has 4 rings (SSSR count). The third kappa shape index (κ3) is 2.29. The van der Waals surface area contributed by atoms with E-state index in [1.165, 1.54) is 22.7 Å². The van der Waals surface area contributed by atoms with Gasteiger partial charge in [-0.3, -0.25) is 24.1 Å². The van der Waals surface area contributed by atoms with Crippen molar-refractivity contribution in [3.63, 3.8) is 0 Å². The van der Waals surface area contributed by atoms with Gasteiger partial charge in [0.05, 0.1) is 10.6 Å². The number of amides is 1. The zero-order chi connectivity index (χ0) is 17.6. The van der Waals surface area contributed by atoms with Crippen LogP contribution in [0.1, 0.15) is 10.5 Å². The van der Waals surface area contributed by atoms with Gasteiger partial charge in [0.1, 0.15) is 17.1 Å². The van der Waals surface area contributed by atoms with Crippen molar-refractivity contribution in [2.45, 2.75) is 0 Å². The molecule has 9 nitrogen and oxygen atoms in total. The van der Waals surface area contributed by atoms with Gasteiger partial charge in [-0.25, -0.2) is 4.98 Å². The second-order valence-corrected chi connectivity index (χ2v) is 5.36. The lowest BCUT2D eigenvalue weighted by atomic mass is 10.1. The van der Waals surface area contributed by atoms with Gasteiger partial charge in [0, 0.05) is 17.8 Å². The van der Waals surface area contributed by atoms with Crippen LogP contribution in [0.4, 0.5) is 11.4 Å². The maximum Gasteiger partial charge on any atom is 0.312 e. The molecule has 0 aliphatic carbocycles. The summed E-state index contributed by atoms with van der Waals surface area (Å²) in [6.07, 6.45) is 2.12. The molecule has 1 aliphatic rings. The van der Waals surface area contributed by atoms with Crippen LogP contribution in [0.2, 0.25) is 0 Å². The average Bonchev–Trinajstić information content (AvgIpc) is 2.99. The maximum absolute atomic E-state index is 11.6. The molecule has 1 aliphatic heterocycles. The number of carbonyl (C=O) groups excluding carboxylic acids is 2. The number of fused-ring (bicyclic) bond motifs is 2. The molecule has 3 aromatic rings. The minimum absolute atomic E-state index is 0.0630. The number of anilines is 1. The van der Waals surface area contributed by atoms with E-state index in [4.69, 9.17) is 4.74 Å². The number of aromatic nitrogens is 2. The molecule has 0 bridgehead atoms. The molecule has 124 valence electrons. The van der Waals surface area contributed by atoms with Gasteiger partial charge < -0.3 is 10.1 Å². The summed E-state index contributed by atoms with van der Waals surface area (Å²) in [5, 5.41) is 13.9. The highest BCUT2D eigenvalue weighted by Crippen LogP contribution is 2.34. The van der Waals surface area contributed by atoms with Crippen LogP contribution in [0.3, 0.4) is 0 Å². The first kappa shape index (κ1) is 14.8. The van der Waals surface area contributed by atoms with Crippen molar-refractivity contribution in [2.24, 2.45) is 0 Å². The molecule has 3 heterocycles. The Morgan fingerprint density at radius 2 is 2.20 bits per heavy atom. The quantitative estimate of drug-likeness (QED) is 0.444. The Morgan fingerprint density at radius 3 is 2.96 bits per heavy atom. The number of nitrogens with zero attached hydrogens (tertiary/aromatic N) is 3. The van der Waals surface area contributed by atoms with E-state index in [-0.39, 0.29) is 35.2 Å². The Labute approximate surface area is 140 Å². The third-order valence-corrected chi connectivity index (χ3v) is 3.86. The first-order valence-corrected chi connectivity index (χ1v) is 7.26. The molecular formula is C16H10N4O5. The minimum atomic E-state index is -0.554. The van der Waals surface area contributed by atoms with Crippen LogP contribution in [0, 0.1) is 10.1 Å². The highest BCUT2D eigenvalue weighted by Gasteiger charge is 2.22. The van der Waals surface area contributed by atoms with E-state index in [9.17, 15) is 19.7 Å². The topological polar surface area (TPSA) is 116 Å². The van der Waals surface area contributed by atoms with Crippen molar-refractivity contribution < 1.29 is 19.2 Å². The normalized spacial score (nSPS) is 13.0. The van der Waals surface area contributed by atoms with Gasteiger partial charge in [-0.15, -0.1) is 0 Å². The van der Waals surface area contributed by atoms with Crippen molar-refractivity contribution in [3.8, 4) is 17.0 Å². The minimum Gasteiger partial charge on any atom is -0.482 e.